The first-order valence-corrected chi connectivity index (χ1v) is 5.19. The molecule has 1 aromatic heterocycles. The van der Waals surface area contributed by atoms with Crippen molar-refractivity contribution < 1.29 is 0 Å². The van der Waals surface area contributed by atoms with Gasteiger partial charge in [0, 0.05) is 13.6 Å². The summed E-state index contributed by atoms with van der Waals surface area (Å²) in [5, 5.41) is 7.32. The number of nitrogens with zero attached hydrogens (tertiary/aromatic N) is 2. The quantitative estimate of drug-likeness (QED) is 0.572. The van der Waals surface area contributed by atoms with Gasteiger partial charge in [-0.05, 0) is 30.9 Å². The molecule has 1 aliphatic carbocycles. The first-order valence-electron chi connectivity index (χ1n) is 5.19. The van der Waals surface area contributed by atoms with E-state index in [1.54, 1.807) is 6.07 Å². The van der Waals surface area contributed by atoms with E-state index < -0.39 is 0 Å². The van der Waals surface area contributed by atoms with Crippen LogP contribution in [0.5, 0.6) is 0 Å². The number of aromatic nitrogens is 1. The predicted octanol–water partition coefficient (Wildman–Crippen LogP) is 1.21. The van der Waals surface area contributed by atoms with Crippen LogP contribution < -0.4 is 10.6 Å². The third kappa shape index (κ3) is 2.46. The Bertz CT molecular complexity index is 371. The zero-order valence-electron chi connectivity index (χ0n) is 8.90. The highest BCUT2D eigenvalue weighted by atomic mass is 15.2. The molecule has 0 aromatic carbocycles. The van der Waals surface area contributed by atoms with E-state index in [1.165, 1.54) is 12.8 Å². The van der Waals surface area contributed by atoms with Crippen LogP contribution in [0.3, 0.4) is 0 Å². The predicted molar refractivity (Wildman–Crippen MR) is 61.2 cm³/mol. The Morgan fingerprint density at radius 1 is 1.60 bits per heavy atom. The fraction of sp³-hybridized carbons (Fsp3) is 0.455. The molecule has 2 rings (SSSR count). The lowest BCUT2D eigenvalue weighted by atomic mass is 10.3. The molecule has 80 valence electrons. The van der Waals surface area contributed by atoms with Crippen molar-refractivity contribution in [1.29, 1.82) is 5.41 Å². The summed E-state index contributed by atoms with van der Waals surface area (Å²) in [5.41, 5.74) is 5.95. The summed E-state index contributed by atoms with van der Waals surface area (Å²) < 4.78 is 0. The van der Waals surface area contributed by atoms with Gasteiger partial charge in [0.1, 0.15) is 17.3 Å². The summed E-state index contributed by atoms with van der Waals surface area (Å²) in [6, 6.07) is 5.61. The Morgan fingerprint density at radius 3 is 2.93 bits per heavy atom. The van der Waals surface area contributed by atoms with Gasteiger partial charge in [0.25, 0.3) is 0 Å². The van der Waals surface area contributed by atoms with Crippen LogP contribution in [0, 0.1) is 11.3 Å². The van der Waals surface area contributed by atoms with E-state index in [9.17, 15) is 0 Å². The Balaban J connectivity index is 2.11. The largest absolute Gasteiger partial charge is 0.382 e. The van der Waals surface area contributed by atoms with Crippen LogP contribution in [0.4, 0.5) is 5.82 Å². The normalized spacial score (nSPS) is 15.0. The van der Waals surface area contributed by atoms with E-state index in [-0.39, 0.29) is 5.84 Å². The number of hydrogen-bond acceptors (Lipinski definition) is 3. The lowest BCUT2D eigenvalue weighted by molar-refractivity contribution is 0.777. The number of hydrogen-bond donors (Lipinski definition) is 2. The summed E-state index contributed by atoms with van der Waals surface area (Å²) in [5.74, 6) is 1.75. The van der Waals surface area contributed by atoms with Crippen molar-refractivity contribution in [2.45, 2.75) is 12.8 Å². The summed E-state index contributed by atoms with van der Waals surface area (Å²) >= 11 is 0. The average Bonchev–Trinajstić information content (AvgIpc) is 3.02. The number of nitrogen functional groups attached to an aromatic ring is 1. The zero-order chi connectivity index (χ0) is 10.8. The van der Waals surface area contributed by atoms with E-state index >= 15 is 0 Å². The van der Waals surface area contributed by atoms with E-state index in [1.807, 2.05) is 19.2 Å². The first-order chi connectivity index (χ1) is 7.16. The molecule has 1 fully saturated rings. The molecule has 1 aliphatic rings. The summed E-state index contributed by atoms with van der Waals surface area (Å²) in [4.78, 5) is 6.46. The smallest absolute Gasteiger partial charge is 0.141 e. The fourth-order valence-corrected chi connectivity index (χ4v) is 1.57. The number of anilines is 1. The van der Waals surface area contributed by atoms with Crippen molar-refractivity contribution in [1.82, 2.24) is 4.98 Å². The zero-order valence-corrected chi connectivity index (χ0v) is 8.90. The van der Waals surface area contributed by atoms with Crippen LogP contribution in [0.25, 0.3) is 0 Å². The SMILES string of the molecule is CN(CC1CC1)c1cccc(C(=N)N)n1. The molecule has 0 aliphatic heterocycles. The van der Waals surface area contributed by atoms with Crippen LogP contribution in [-0.2, 0) is 0 Å². The van der Waals surface area contributed by atoms with Crippen molar-refractivity contribution in [3.8, 4) is 0 Å². The average molecular weight is 204 g/mol. The molecule has 1 saturated carbocycles. The van der Waals surface area contributed by atoms with E-state index in [0.717, 1.165) is 18.3 Å². The lowest BCUT2D eigenvalue weighted by Crippen LogP contribution is -2.22. The van der Waals surface area contributed by atoms with Crippen LogP contribution >= 0.6 is 0 Å². The molecule has 1 aromatic rings. The van der Waals surface area contributed by atoms with Gasteiger partial charge in [-0.15, -0.1) is 0 Å². The Morgan fingerprint density at radius 2 is 2.33 bits per heavy atom. The van der Waals surface area contributed by atoms with E-state index in [2.05, 4.69) is 9.88 Å². The maximum absolute atomic E-state index is 7.32. The highest BCUT2D eigenvalue weighted by Gasteiger charge is 2.23. The second-order valence-electron chi connectivity index (χ2n) is 4.12. The molecule has 4 heteroatoms. The standard InChI is InChI=1S/C11H16N4/c1-15(7-8-5-6-8)10-4-2-3-9(14-10)11(12)13/h2-4,8H,5-7H2,1H3,(H3,12,13). The minimum atomic E-state index is 0.0247. The highest BCUT2D eigenvalue weighted by Crippen LogP contribution is 2.30. The lowest BCUT2D eigenvalue weighted by Gasteiger charge is -2.18. The fourth-order valence-electron chi connectivity index (χ4n) is 1.57. The molecule has 0 bridgehead atoms. The van der Waals surface area contributed by atoms with Crippen LogP contribution in [-0.4, -0.2) is 24.4 Å². The highest BCUT2D eigenvalue weighted by molar-refractivity contribution is 5.93. The van der Waals surface area contributed by atoms with Gasteiger partial charge in [0.2, 0.25) is 0 Å². The van der Waals surface area contributed by atoms with Crippen molar-refractivity contribution in [2.24, 2.45) is 11.7 Å². The Hall–Kier alpha value is -1.58. The van der Waals surface area contributed by atoms with Gasteiger partial charge in [-0.1, -0.05) is 6.07 Å². The van der Waals surface area contributed by atoms with Gasteiger partial charge in [-0.3, -0.25) is 5.41 Å². The maximum atomic E-state index is 7.32. The Labute approximate surface area is 89.6 Å². The Kier molecular flexibility index (Phi) is 2.58. The maximum Gasteiger partial charge on any atom is 0.141 e. The molecular formula is C11H16N4. The van der Waals surface area contributed by atoms with Gasteiger partial charge in [-0.25, -0.2) is 4.98 Å². The third-order valence-corrected chi connectivity index (χ3v) is 2.63. The van der Waals surface area contributed by atoms with Crippen molar-refractivity contribution in [3.63, 3.8) is 0 Å². The van der Waals surface area contributed by atoms with Gasteiger partial charge in [0.05, 0.1) is 0 Å². The molecule has 0 spiro atoms. The molecule has 4 nitrogen and oxygen atoms in total. The molecule has 0 saturated heterocycles. The summed E-state index contributed by atoms with van der Waals surface area (Å²) in [6.45, 7) is 1.05. The monoisotopic (exact) mass is 204 g/mol. The minimum absolute atomic E-state index is 0.0247. The second kappa shape index (κ2) is 3.88. The topological polar surface area (TPSA) is 66.0 Å². The van der Waals surface area contributed by atoms with Gasteiger partial charge >= 0.3 is 0 Å². The molecular weight excluding hydrogens is 188 g/mol. The first kappa shape index (κ1) is 9.96. The molecule has 0 unspecified atom stereocenters. The van der Waals surface area contributed by atoms with Crippen LogP contribution in [0.1, 0.15) is 18.5 Å². The second-order valence-corrected chi connectivity index (χ2v) is 4.12. The van der Waals surface area contributed by atoms with Crippen LogP contribution in [0.15, 0.2) is 18.2 Å². The molecule has 0 atom stereocenters. The number of nitrogens with two attached hydrogens (primary N) is 1. The van der Waals surface area contributed by atoms with Crippen molar-refractivity contribution in [3.05, 3.63) is 23.9 Å². The molecule has 3 N–H and O–H groups in total. The van der Waals surface area contributed by atoms with Crippen LogP contribution in [0.2, 0.25) is 0 Å². The number of nitrogens with one attached hydrogen (secondary N) is 1. The minimum Gasteiger partial charge on any atom is -0.382 e. The van der Waals surface area contributed by atoms with Gasteiger partial charge < -0.3 is 10.6 Å². The van der Waals surface area contributed by atoms with Crippen molar-refractivity contribution >= 4 is 11.7 Å². The van der Waals surface area contributed by atoms with E-state index in [0.29, 0.717) is 5.69 Å². The number of pyridine rings is 1. The van der Waals surface area contributed by atoms with E-state index in [4.69, 9.17) is 11.1 Å². The molecule has 1 heterocycles. The van der Waals surface area contributed by atoms with Gasteiger partial charge in [0.15, 0.2) is 0 Å². The summed E-state index contributed by atoms with van der Waals surface area (Å²) in [7, 11) is 2.03. The molecule has 0 amide bonds. The molecule has 0 radical (unpaired) electrons. The summed E-state index contributed by atoms with van der Waals surface area (Å²) in [6.07, 6.45) is 2.66. The number of rotatable bonds is 4. The molecule has 15 heavy (non-hydrogen) atoms. The van der Waals surface area contributed by atoms with Crippen molar-refractivity contribution in [2.75, 3.05) is 18.5 Å². The van der Waals surface area contributed by atoms with Gasteiger partial charge in [-0.2, -0.15) is 0 Å². The number of amidine groups is 1. The third-order valence-electron chi connectivity index (χ3n) is 2.63.